The van der Waals surface area contributed by atoms with E-state index in [0.29, 0.717) is 11.9 Å². The summed E-state index contributed by atoms with van der Waals surface area (Å²) < 4.78 is 7.24. The van der Waals surface area contributed by atoms with Crippen molar-refractivity contribution in [3.63, 3.8) is 0 Å². The number of benzene rings is 3. The van der Waals surface area contributed by atoms with Crippen molar-refractivity contribution in [2.45, 2.75) is 18.1 Å². The van der Waals surface area contributed by atoms with Crippen LogP contribution in [0.2, 0.25) is 0 Å². The average molecular weight is 403 g/mol. The standard InChI is InChI=1S/C24H22N2O2S/c1-28-22-14-8-5-11-19(22)17-26-23(27)20-12-6-7-13-21(20)25-24(26)29-16-15-18-9-3-2-4-10-18/h2-14H,15-17H2,1H3. The molecule has 1 heterocycles. The Kier molecular flexibility index (Phi) is 5.96. The fourth-order valence-electron chi connectivity index (χ4n) is 3.31. The van der Waals surface area contributed by atoms with Crippen molar-refractivity contribution < 1.29 is 4.74 Å². The van der Waals surface area contributed by atoms with Crippen LogP contribution in [0, 0.1) is 0 Å². The smallest absolute Gasteiger partial charge is 0.262 e. The summed E-state index contributed by atoms with van der Waals surface area (Å²) in [4.78, 5) is 18.1. The van der Waals surface area contributed by atoms with E-state index in [1.54, 1.807) is 23.4 Å². The number of aryl methyl sites for hydroxylation is 1. The molecule has 0 unspecified atom stereocenters. The summed E-state index contributed by atoms with van der Waals surface area (Å²) in [6.07, 6.45) is 0.920. The van der Waals surface area contributed by atoms with E-state index in [4.69, 9.17) is 9.72 Å². The van der Waals surface area contributed by atoms with Crippen LogP contribution in [-0.4, -0.2) is 22.4 Å². The first-order chi connectivity index (χ1) is 14.3. The van der Waals surface area contributed by atoms with E-state index in [1.807, 2.05) is 66.7 Å². The first-order valence-corrected chi connectivity index (χ1v) is 10.5. The highest BCUT2D eigenvalue weighted by molar-refractivity contribution is 7.99. The lowest BCUT2D eigenvalue weighted by Gasteiger charge is -2.15. The van der Waals surface area contributed by atoms with E-state index in [0.717, 1.165) is 34.2 Å². The van der Waals surface area contributed by atoms with E-state index in [2.05, 4.69) is 12.1 Å². The highest BCUT2D eigenvalue weighted by atomic mass is 32.2. The third-order valence-electron chi connectivity index (χ3n) is 4.81. The molecular formula is C24H22N2O2S. The number of ether oxygens (including phenoxy) is 1. The highest BCUT2D eigenvalue weighted by Crippen LogP contribution is 2.23. The number of thioether (sulfide) groups is 1. The van der Waals surface area contributed by atoms with Crippen LogP contribution in [0.5, 0.6) is 5.75 Å². The van der Waals surface area contributed by atoms with Gasteiger partial charge < -0.3 is 4.74 Å². The van der Waals surface area contributed by atoms with Crippen LogP contribution in [0.15, 0.2) is 88.8 Å². The Balaban J connectivity index is 1.69. The van der Waals surface area contributed by atoms with E-state index < -0.39 is 0 Å². The normalized spacial score (nSPS) is 10.9. The second-order valence-corrected chi connectivity index (χ2v) is 7.76. The molecule has 5 heteroatoms. The fraction of sp³-hybridized carbons (Fsp3) is 0.167. The molecule has 0 fully saturated rings. The van der Waals surface area contributed by atoms with Crippen LogP contribution in [0.25, 0.3) is 10.9 Å². The van der Waals surface area contributed by atoms with E-state index in [1.165, 1.54) is 5.56 Å². The Morgan fingerprint density at radius 1 is 0.931 bits per heavy atom. The van der Waals surface area contributed by atoms with Gasteiger partial charge in [0.2, 0.25) is 0 Å². The number of hydrogen-bond donors (Lipinski definition) is 0. The molecule has 0 spiro atoms. The third-order valence-corrected chi connectivity index (χ3v) is 5.79. The molecule has 0 aliphatic heterocycles. The Morgan fingerprint density at radius 2 is 1.66 bits per heavy atom. The summed E-state index contributed by atoms with van der Waals surface area (Å²) in [6.45, 7) is 0.425. The number of para-hydroxylation sites is 2. The van der Waals surface area contributed by atoms with Gasteiger partial charge in [-0.05, 0) is 30.2 Å². The zero-order valence-electron chi connectivity index (χ0n) is 16.2. The van der Waals surface area contributed by atoms with Gasteiger partial charge in [-0.1, -0.05) is 72.4 Å². The van der Waals surface area contributed by atoms with Crippen molar-refractivity contribution in [2.75, 3.05) is 12.9 Å². The number of hydrogen-bond acceptors (Lipinski definition) is 4. The van der Waals surface area contributed by atoms with Crippen LogP contribution in [0.3, 0.4) is 0 Å². The predicted molar refractivity (Wildman–Crippen MR) is 119 cm³/mol. The molecule has 146 valence electrons. The summed E-state index contributed by atoms with van der Waals surface area (Å²) in [7, 11) is 1.65. The number of nitrogens with zero attached hydrogens (tertiary/aromatic N) is 2. The second-order valence-electron chi connectivity index (χ2n) is 6.70. The van der Waals surface area contributed by atoms with E-state index in [9.17, 15) is 4.79 Å². The second kappa shape index (κ2) is 8.97. The molecule has 3 aromatic carbocycles. The monoisotopic (exact) mass is 402 g/mol. The molecule has 0 N–H and O–H groups in total. The number of aromatic nitrogens is 2. The largest absolute Gasteiger partial charge is 0.496 e. The van der Waals surface area contributed by atoms with Gasteiger partial charge in [-0.15, -0.1) is 0 Å². The minimum absolute atomic E-state index is 0.0243. The molecule has 0 saturated heterocycles. The lowest BCUT2D eigenvalue weighted by Crippen LogP contribution is -2.24. The van der Waals surface area contributed by atoms with Crippen molar-refractivity contribution in [3.8, 4) is 5.75 Å². The molecule has 0 amide bonds. The van der Waals surface area contributed by atoms with Crippen LogP contribution >= 0.6 is 11.8 Å². The predicted octanol–water partition coefficient (Wildman–Crippen LogP) is 4.79. The van der Waals surface area contributed by atoms with Gasteiger partial charge in [0, 0.05) is 11.3 Å². The number of rotatable bonds is 7. The maximum Gasteiger partial charge on any atom is 0.262 e. The summed E-state index contributed by atoms with van der Waals surface area (Å²) in [6, 6.07) is 25.7. The fourth-order valence-corrected chi connectivity index (χ4v) is 4.29. The number of methoxy groups -OCH3 is 1. The molecule has 4 nitrogen and oxygen atoms in total. The molecular weight excluding hydrogens is 380 g/mol. The molecule has 4 aromatic rings. The summed E-state index contributed by atoms with van der Waals surface area (Å²) in [5.41, 5.74) is 2.94. The molecule has 0 atom stereocenters. The Labute approximate surface area is 174 Å². The van der Waals surface area contributed by atoms with E-state index >= 15 is 0 Å². The zero-order valence-corrected chi connectivity index (χ0v) is 17.1. The third kappa shape index (κ3) is 4.35. The summed E-state index contributed by atoms with van der Waals surface area (Å²) in [5, 5.41) is 1.37. The molecule has 4 rings (SSSR count). The van der Waals surface area contributed by atoms with Crippen LogP contribution in [0.4, 0.5) is 0 Å². The van der Waals surface area contributed by atoms with Gasteiger partial charge in [-0.25, -0.2) is 4.98 Å². The van der Waals surface area contributed by atoms with Gasteiger partial charge in [0.05, 0.1) is 24.6 Å². The van der Waals surface area contributed by atoms with Crippen molar-refractivity contribution >= 4 is 22.7 Å². The number of fused-ring (bicyclic) bond motifs is 1. The topological polar surface area (TPSA) is 44.1 Å². The van der Waals surface area contributed by atoms with Gasteiger partial charge in [0.25, 0.3) is 5.56 Å². The van der Waals surface area contributed by atoms with Crippen molar-refractivity contribution in [1.82, 2.24) is 9.55 Å². The van der Waals surface area contributed by atoms with Crippen LogP contribution in [0.1, 0.15) is 11.1 Å². The van der Waals surface area contributed by atoms with Crippen LogP contribution in [-0.2, 0) is 13.0 Å². The van der Waals surface area contributed by atoms with E-state index in [-0.39, 0.29) is 5.56 Å². The van der Waals surface area contributed by atoms with Gasteiger partial charge in [-0.2, -0.15) is 0 Å². The summed E-state index contributed by atoms with van der Waals surface area (Å²) >= 11 is 1.61. The highest BCUT2D eigenvalue weighted by Gasteiger charge is 2.13. The zero-order chi connectivity index (χ0) is 20.1. The maximum atomic E-state index is 13.3. The first-order valence-electron chi connectivity index (χ1n) is 9.54. The Morgan fingerprint density at radius 3 is 2.48 bits per heavy atom. The Bertz CT molecular complexity index is 1170. The SMILES string of the molecule is COc1ccccc1Cn1c(SCCc2ccccc2)nc2ccccc2c1=O. The van der Waals surface area contributed by atoms with Gasteiger partial charge in [-0.3, -0.25) is 9.36 Å². The maximum absolute atomic E-state index is 13.3. The van der Waals surface area contributed by atoms with Gasteiger partial charge >= 0.3 is 0 Å². The van der Waals surface area contributed by atoms with Crippen molar-refractivity contribution in [2.24, 2.45) is 0 Å². The Hall–Kier alpha value is -3.05. The van der Waals surface area contributed by atoms with Gasteiger partial charge in [0.1, 0.15) is 5.75 Å². The van der Waals surface area contributed by atoms with Crippen LogP contribution < -0.4 is 10.3 Å². The summed E-state index contributed by atoms with van der Waals surface area (Å²) in [5.74, 6) is 1.62. The lowest BCUT2D eigenvalue weighted by atomic mass is 10.2. The van der Waals surface area contributed by atoms with Gasteiger partial charge in [0.15, 0.2) is 5.16 Å². The minimum atomic E-state index is -0.0243. The van der Waals surface area contributed by atoms with Crippen molar-refractivity contribution in [1.29, 1.82) is 0 Å². The molecule has 0 radical (unpaired) electrons. The quantitative estimate of drug-likeness (QED) is 0.329. The minimum Gasteiger partial charge on any atom is -0.496 e. The molecule has 0 aliphatic carbocycles. The molecule has 1 aromatic heterocycles. The molecule has 0 aliphatic rings. The van der Waals surface area contributed by atoms with Crippen molar-refractivity contribution in [3.05, 3.63) is 100 Å². The first kappa shape index (κ1) is 19.3. The lowest BCUT2D eigenvalue weighted by molar-refractivity contribution is 0.407. The molecule has 0 saturated carbocycles. The molecule has 29 heavy (non-hydrogen) atoms. The molecule has 0 bridgehead atoms. The average Bonchev–Trinajstić information content (AvgIpc) is 2.77.